The van der Waals surface area contributed by atoms with Gasteiger partial charge in [0.05, 0.1) is 0 Å². The fourth-order valence-corrected chi connectivity index (χ4v) is 7.90. The lowest BCUT2D eigenvalue weighted by molar-refractivity contribution is 0.669. The zero-order valence-corrected chi connectivity index (χ0v) is 27.6. The van der Waals surface area contributed by atoms with Crippen molar-refractivity contribution in [1.29, 1.82) is 0 Å². The number of benzene rings is 7. The molecular weight excluding hydrogens is 631 g/mol. The standard InChI is InChI=1S/C45H27N3OS/c1-2-9-28(10-3-1)29-17-19-30(20-18-29)43-46-44(48-45(47-43)34-21-23-36-35-13-4-6-15-39(35)49-40(36)27-34)33-12-8-11-31(25-33)32-22-24-42-38(26-32)37-14-5-7-16-41(37)50-42/h1-27H. The Bertz CT molecular complexity index is 2870. The molecule has 10 rings (SSSR count). The minimum Gasteiger partial charge on any atom is -0.456 e. The second kappa shape index (κ2) is 11.6. The van der Waals surface area contributed by atoms with Crippen LogP contribution in [-0.4, -0.2) is 15.0 Å². The number of hydrogen-bond acceptors (Lipinski definition) is 5. The first kappa shape index (κ1) is 28.6. The highest BCUT2D eigenvalue weighted by Crippen LogP contribution is 2.37. The molecule has 0 radical (unpaired) electrons. The number of aromatic nitrogens is 3. The van der Waals surface area contributed by atoms with Crippen molar-refractivity contribution in [2.75, 3.05) is 0 Å². The van der Waals surface area contributed by atoms with Crippen LogP contribution < -0.4 is 0 Å². The Morgan fingerprint density at radius 3 is 1.70 bits per heavy atom. The first-order chi connectivity index (χ1) is 24.7. The molecule has 0 fully saturated rings. The second-order valence-electron chi connectivity index (χ2n) is 12.4. The summed E-state index contributed by atoms with van der Waals surface area (Å²) in [6.45, 7) is 0. The summed E-state index contributed by atoms with van der Waals surface area (Å²) in [6.07, 6.45) is 0. The van der Waals surface area contributed by atoms with E-state index in [0.29, 0.717) is 17.5 Å². The molecule has 0 amide bonds. The van der Waals surface area contributed by atoms with Gasteiger partial charge in [-0.1, -0.05) is 121 Å². The normalized spacial score (nSPS) is 11.6. The molecule has 50 heavy (non-hydrogen) atoms. The molecular formula is C45H27N3OS. The van der Waals surface area contributed by atoms with Gasteiger partial charge in [0, 0.05) is 47.6 Å². The maximum Gasteiger partial charge on any atom is 0.164 e. The predicted molar refractivity (Wildman–Crippen MR) is 207 cm³/mol. The summed E-state index contributed by atoms with van der Waals surface area (Å²) in [6, 6.07) is 57.0. The van der Waals surface area contributed by atoms with Gasteiger partial charge in [0.25, 0.3) is 0 Å². The van der Waals surface area contributed by atoms with Crippen LogP contribution in [0.15, 0.2) is 168 Å². The highest BCUT2D eigenvalue weighted by atomic mass is 32.1. The minimum atomic E-state index is 0.594. The maximum absolute atomic E-state index is 6.25. The summed E-state index contributed by atoms with van der Waals surface area (Å²) in [5.74, 6) is 1.83. The third-order valence-corrected chi connectivity index (χ3v) is 10.5. The highest BCUT2D eigenvalue weighted by Gasteiger charge is 2.16. The second-order valence-corrected chi connectivity index (χ2v) is 13.5. The molecule has 0 bridgehead atoms. The molecule has 234 valence electrons. The van der Waals surface area contributed by atoms with Crippen LogP contribution in [-0.2, 0) is 0 Å². The lowest BCUT2D eigenvalue weighted by atomic mass is 10.0. The van der Waals surface area contributed by atoms with E-state index in [1.165, 1.54) is 25.7 Å². The van der Waals surface area contributed by atoms with Crippen molar-refractivity contribution in [2.24, 2.45) is 0 Å². The molecule has 0 aliphatic heterocycles. The van der Waals surface area contributed by atoms with Gasteiger partial charge in [0.2, 0.25) is 0 Å². The predicted octanol–water partition coefficient (Wildman–Crippen LogP) is 12.5. The third-order valence-electron chi connectivity index (χ3n) is 9.35. The zero-order valence-electron chi connectivity index (χ0n) is 26.7. The molecule has 0 atom stereocenters. The van der Waals surface area contributed by atoms with Crippen LogP contribution >= 0.6 is 11.3 Å². The van der Waals surface area contributed by atoms with Crippen molar-refractivity contribution < 1.29 is 4.42 Å². The summed E-state index contributed by atoms with van der Waals surface area (Å²) in [7, 11) is 0. The van der Waals surface area contributed by atoms with E-state index in [0.717, 1.165) is 55.3 Å². The summed E-state index contributed by atoms with van der Waals surface area (Å²) in [5.41, 5.74) is 8.96. The van der Waals surface area contributed by atoms with E-state index in [4.69, 9.17) is 19.4 Å². The first-order valence-electron chi connectivity index (χ1n) is 16.6. The Hall–Kier alpha value is -6.43. The smallest absolute Gasteiger partial charge is 0.164 e. The molecule has 4 nitrogen and oxygen atoms in total. The number of thiophene rings is 1. The van der Waals surface area contributed by atoms with Gasteiger partial charge in [-0.05, 0) is 64.7 Å². The van der Waals surface area contributed by atoms with Gasteiger partial charge in [0.15, 0.2) is 17.5 Å². The highest BCUT2D eigenvalue weighted by molar-refractivity contribution is 7.25. The number of rotatable bonds is 5. The topological polar surface area (TPSA) is 51.8 Å². The molecule has 0 unspecified atom stereocenters. The van der Waals surface area contributed by atoms with Gasteiger partial charge in [-0.3, -0.25) is 0 Å². The van der Waals surface area contributed by atoms with Crippen molar-refractivity contribution in [3.05, 3.63) is 164 Å². The average molecular weight is 658 g/mol. The van der Waals surface area contributed by atoms with Crippen molar-refractivity contribution in [1.82, 2.24) is 15.0 Å². The Labute approximate surface area is 292 Å². The van der Waals surface area contributed by atoms with Crippen LogP contribution in [0.25, 0.3) is 98.5 Å². The molecule has 7 aromatic carbocycles. The number of furan rings is 1. The van der Waals surface area contributed by atoms with E-state index >= 15 is 0 Å². The van der Waals surface area contributed by atoms with Crippen molar-refractivity contribution >= 4 is 53.4 Å². The lowest BCUT2D eigenvalue weighted by Crippen LogP contribution is -2.00. The van der Waals surface area contributed by atoms with Gasteiger partial charge in [-0.15, -0.1) is 11.3 Å². The molecule has 0 N–H and O–H groups in total. The Kier molecular flexibility index (Phi) is 6.64. The van der Waals surface area contributed by atoms with Gasteiger partial charge >= 0.3 is 0 Å². The van der Waals surface area contributed by atoms with Crippen LogP contribution in [0.4, 0.5) is 0 Å². The largest absolute Gasteiger partial charge is 0.456 e. The monoisotopic (exact) mass is 657 g/mol. The SMILES string of the molecule is c1ccc(-c2ccc(-c3nc(-c4cccc(-c5ccc6sc7ccccc7c6c5)c4)nc(-c4ccc5c(c4)oc4ccccc45)n3)cc2)cc1. The van der Waals surface area contributed by atoms with Crippen LogP contribution in [0.3, 0.4) is 0 Å². The minimum absolute atomic E-state index is 0.594. The van der Waals surface area contributed by atoms with E-state index < -0.39 is 0 Å². The molecule has 0 saturated carbocycles. The molecule has 0 aliphatic rings. The van der Waals surface area contributed by atoms with E-state index in [9.17, 15) is 0 Å². The van der Waals surface area contributed by atoms with Crippen molar-refractivity contribution in [2.45, 2.75) is 0 Å². The summed E-state index contributed by atoms with van der Waals surface area (Å²) in [4.78, 5) is 15.2. The molecule has 10 aromatic rings. The molecule has 5 heteroatoms. The molecule has 0 aliphatic carbocycles. The number of para-hydroxylation sites is 1. The van der Waals surface area contributed by atoms with E-state index in [1.54, 1.807) is 0 Å². The number of hydrogen-bond donors (Lipinski definition) is 0. The van der Waals surface area contributed by atoms with Gasteiger partial charge in [0.1, 0.15) is 11.2 Å². The van der Waals surface area contributed by atoms with Gasteiger partial charge in [-0.25, -0.2) is 15.0 Å². The quantitative estimate of drug-likeness (QED) is 0.185. The summed E-state index contributed by atoms with van der Waals surface area (Å²) in [5, 5.41) is 4.73. The van der Waals surface area contributed by atoms with Crippen LogP contribution in [0.2, 0.25) is 0 Å². The molecule has 3 aromatic heterocycles. The molecule has 0 spiro atoms. The van der Waals surface area contributed by atoms with E-state index in [2.05, 4.69) is 133 Å². The van der Waals surface area contributed by atoms with Gasteiger partial charge in [-0.2, -0.15) is 0 Å². The summed E-state index contributed by atoms with van der Waals surface area (Å²) < 4.78 is 8.84. The average Bonchev–Trinajstić information content (AvgIpc) is 3.76. The number of fused-ring (bicyclic) bond motifs is 6. The maximum atomic E-state index is 6.25. The Morgan fingerprint density at radius 1 is 0.320 bits per heavy atom. The third kappa shape index (κ3) is 4.95. The van der Waals surface area contributed by atoms with E-state index in [1.807, 2.05) is 41.7 Å². The van der Waals surface area contributed by atoms with Crippen LogP contribution in [0, 0.1) is 0 Å². The summed E-state index contributed by atoms with van der Waals surface area (Å²) >= 11 is 1.83. The van der Waals surface area contributed by atoms with Crippen LogP contribution in [0.1, 0.15) is 0 Å². The fourth-order valence-electron chi connectivity index (χ4n) is 6.81. The van der Waals surface area contributed by atoms with Crippen molar-refractivity contribution in [3.63, 3.8) is 0 Å². The Balaban J connectivity index is 1.10. The zero-order chi connectivity index (χ0) is 33.0. The lowest BCUT2D eigenvalue weighted by Gasteiger charge is -2.10. The Morgan fingerprint density at radius 2 is 0.860 bits per heavy atom. The van der Waals surface area contributed by atoms with E-state index in [-0.39, 0.29) is 0 Å². The number of nitrogens with zero attached hydrogens (tertiary/aromatic N) is 3. The fraction of sp³-hybridized carbons (Fsp3) is 0. The molecule has 3 heterocycles. The van der Waals surface area contributed by atoms with Crippen molar-refractivity contribution in [3.8, 4) is 56.4 Å². The van der Waals surface area contributed by atoms with Gasteiger partial charge < -0.3 is 4.42 Å². The van der Waals surface area contributed by atoms with Crippen LogP contribution in [0.5, 0.6) is 0 Å². The molecule has 0 saturated heterocycles. The first-order valence-corrected chi connectivity index (χ1v) is 17.4.